The molecule has 1 aromatic carbocycles. The first-order valence-corrected chi connectivity index (χ1v) is 15.9. The summed E-state index contributed by atoms with van der Waals surface area (Å²) < 4.78 is 41.1. The third kappa shape index (κ3) is 7.23. The van der Waals surface area contributed by atoms with Crippen LogP contribution in [0.2, 0.25) is 0 Å². The maximum absolute atomic E-state index is 15.9. The van der Waals surface area contributed by atoms with Crippen LogP contribution >= 0.6 is 0 Å². The average molecular weight is 667 g/mol. The second kappa shape index (κ2) is 13.1. The number of carbonyl (C=O) groups excluding carboxylic acids is 3. The van der Waals surface area contributed by atoms with Crippen molar-refractivity contribution < 1.29 is 37.7 Å². The summed E-state index contributed by atoms with van der Waals surface area (Å²) >= 11 is 0. The number of benzene rings is 1. The van der Waals surface area contributed by atoms with Crippen LogP contribution in [0.25, 0.3) is 27.6 Å². The van der Waals surface area contributed by atoms with Crippen molar-refractivity contribution in [3.8, 4) is 5.69 Å². The SMILES string of the molecule is Cc1nc2c(cc1CCOC(=O)OC(C)(C)C)c(C(N)=O)c(NC(=O)OC(C)(C)C)n2-c1c(C)c(F)cc2c1cnn2C1CCCCO1. The van der Waals surface area contributed by atoms with Crippen LogP contribution in [0.1, 0.15) is 94.2 Å². The Morgan fingerprint density at radius 1 is 1.06 bits per heavy atom. The van der Waals surface area contributed by atoms with Crippen molar-refractivity contribution in [2.75, 3.05) is 18.5 Å². The van der Waals surface area contributed by atoms with Crippen LogP contribution in [0, 0.1) is 19.7 Å². The lowest BCUT2D eigenvalue weighted by molar-refractivity contribution is -0.0367. The number of amides is 2. The number of ether oxygens (including phenoxy) is 4. The number of primary amides is 1. The molecule has 3 aromatic heterocycles. The Morgan fingerprint density at radius 2 is 1.77 bits per heavy atom. The zero-order chi connectivity index (χ0) is 35.1. The highest BCUT2D eigenvalue weighted by molar-refractivity contribution is 6.14. The summed E-state index contributed by atoms with van der Waals surface area (Å²) in [5, 5.41) is 8.13. The molecule has 258 valence electrons. The van der Waals surface area contributed by atoms with E-state index >= 15 is 4.39 Å². The molecule has 5 rings (SSSR count). The molecule has 1 atom stereocenters. The van der Waals surface area contributed by atoms with E-state index in [1.165, 1.54) is 10.6 Å². The summed E-state index contributed by atoms with van der Waals surface area (Å²) in [6.07, 6.45) is 2.39. The average Bonchev–Trinajstić information content (AvgIpc) is 3.51. The molecule has 0 saturated carbocycles. The molecule has 0 bridgehead atoms. The number of pyridine rings is 1. The Bertz CT molecular complexity index is 1890. The number of nitrogens with two attached hydrogens (primary N) is 1. The molecular weight excluding hydrogens is 623 g/mol. The molecule has 1 unspecified atom stereocenters. The number of fused-ring (bicyclic) bond motifs is 2. The number of nitrogens with one attached hydrogen (secondary N) is 1. The summed E-state index contributed by atoms with van der Waals surface area (Å²) in [5.74, 6) is -1.44. The van der Waals surface area contributed by atoms with E-state index in [0.717, 1.165) is 12.8 Å². The van der Waals surface area contributed by atoms with E-state index in [1.807, 2.05) is 0 Å². The predicted octanol–water partition coefficient (Wildman–Crippen LogP) is 6.77. The fourth-order valence-corrected chi connectivity index (χ4v) is 5.77. The van der Waals surface area contributed by atoms with Gasteiger partial charge in [-0.3, -0.25) is 14.7 Å². The van der Waals surface area contributed by atoms with E-state index in [-0.39, 0.29) is 41.8 Å². The molecule has 13 nitrogen and oxygen atoms in total. The largest absolute Gasteiger partial charge is 0.508 e. The minimum Gasteiger partial charge on any atom is -0.444 e. The third-order valence-electron chi connectivity index (χ3n) is 7.80. The van der Waals surface area contributed by atoms with Gasteiger partial charge in [0.05, 0.1) is 29.6 Å². The van der Waals surface area contributed by atoms with E-state index in [2.05, 4.69) is 10.4 Å². The molecule has 48 heavy (non-hydrogen) atoms. The minimum atomic E-state index is -0.868. The second-order valence-electron chi connectivity index (χ2n) is 13.9. The van der Waals surface area contributed by atoms with Gasteiger partial charge in [0, 0.05) is 41.1 Å². The number of rotatable bonds is 7. The molecule has 1 aliphatic rings. The molecule has 0 aliphatic carbocycles. The van der Waals surface area contributed by atoms with Crippen molar-refractivity contribution in [2.24, 2.45) is 5.73 Å². The van der Waals surface area contributed by atoms with Gasteiger partial charge in [0.25, 0.3) is 5.91 Å². The number of hydrogen-bond donors (Lipinski definition) is 2. The molecular formula is C34H43FN6O7. The van der Waals surface area contributed by atoms with Crippen LogP contribution in [0.4, 0.5) is 19.8 Å². The molecule has 1 aliphatic heterocycles. The van der Waals surface area contributed by atoms with E-state index in [1.54, 1.807) is 72.3 Å². The van der Waals surface area contributed by atoms with Gasteiger partial charge in [-0.15, -0.1) is 0 Å². The Labute approximate surface area is 277 Å². The number of anilines is 1. The highest BCUT2D eigenvalue weighted by atomic mass is 19.1. The smallest absolute Gasteiger partial charge is 0.444 e. The molecule has 0 radical (unpaired) electrons. The Balaban J connectivity index is 1.71. The second-order valence-corrected chi connectivity index (χ2v) is 13.9. The normalized spacial score (nSPS) is 15.5. The molecule has 2 amide bonds. The van der Waals surface area contributed by atoms with Gasteiger partial charge >= 0.3 is 12.2 Å². The first-order chi connectivity index (χ1) is 22.4. The molecule has 14 heteroatoms. The molecule has 3 N–H and O–H groups in total. The zero-order valence-electron chi connectivity index (χ0n) is 28.7. The summed E-state index contributed by atoms with van der Waals surface area (Å²) in [5.41, 5.74) is 6.77. The van der Waals surface area contributed by atoms with Crippen molar-refractivity contribution in [2.45, 2.75) is 98.5 Å². The Hall–Kier alpha value is -4.72. The number of halogens is 1. The molecule has 0 spiro atoms. The monoisotopic (exact) mass is 666 g/mol. The van der Waals surface area contributed by atoms with E-state index in [0.29, 0.717) is 46.3 Å². The lowest BCUT2D eigenvalue weighted by atomic mass is 10.1. The van der Waals surface area contributed by atoms with Crippen molar-refractivity contribution in [3.63, 3.8) is 0 Å². The topological polar surface area (TPSA) is 162 Å². The van der Waals surface area contributed by atoms with Gasteiger partial charge in [0.2, 0.25) is 0 Å². The summed E-state index contributed by atoms with van der Waals surface area (Å²) in [6, 6.07) is 3.11. The molecule has 1 saturated heterocycles. The molecule has 4 aromatic rings. The standard InChI is InChI=1S/C34H43FN6O7/c1-18-23(35)16-24-22(17-37-41(24)25-11-9-10-13-45-25)27(18)40-29-21(26(28(36)42)30(40)39-31(43)47-33(3,4)5)15-20(19(2)38-29)12-14-46-32(44)48-34(6,7)8/h15-17,25H,9-14H2,1-8H3,(H2,36,42)(H,39,43). The highest BCUT2D eigenvalue weighted by Gasteiger charge is 2.31. The number of aryl methyl sites for hydroxylation is 1. The maximum Gasteiger partial charge on any atom is 0.508 e. The number of carbonyl (C=O) groups is 3. The van der Waals surface area contributed by atoms with Crippen LogP contribution in [0.15, 0.2) is 18.3 Å². The van der Waals surface area contributed by atoms with Crippen LogP contribution in [0.3, 0.4) is 0 Å². The van der Waals surface area contributed by atoms with Gasteiger partial charge < -0.3 is 24.7 Å². The van der Waals surface area contributed by atoms with Gasteiger partial charge in [-0.1, -0.05) is 0 Å². The lowest BCUT2D eigenvalue weighted by Crippen LogP contribution is -2.29. The first kappa shape index (κ1) is 34.6. The summed E-state index contributed by atoms with van der Waals surface area (Å²) in [6.45, 7) is 14.2. The summed E-state index contributed by atoms with van der Waals surface area (Å²) in [4.78, 5) is 43.4. The van der Waals surface area contributed by atoms with E-state index in [9.17, 15) is 14.4 Å². The Kier molecular flexibility index (Phi) is 9.42. The fraction of sp³-hybridized carbons (Fsp3) is 0.500. The zero-order valence-corrected chi connectivity index (χ0v) is 28.7. The van der Waals surface area contributed by atoms with Crippen molar-refractivity contribution >= 4 is 45.9 Å². The van der Waals surface area contributed by atoms with E-state index < -0.39 is 35.2 Å². The van der Waals surface area contributed by atoms with Gasteiger partial charge in [0.1, 0.15) is 28.5 Å². The Morgan fingerprint density at radius 3 is 2.40 bits per heavy atom. The summed E-state index contributed by atoms with van der Waals surface area (Å²) in [7, 11) is 0. The predicted molar refractivity (Wildman–Crippen MR) is 177 cm³/mol. The maximum atomic E-state index is 15.9. The first-order valence-electron chi connectivity index (χ1n) is 15.9. The van der Waals surface area contributed by atoms with Gasteiger partial charge in [-0.2, -0.15) is 5.10 Å². The fourth-order valence-electron chi connectivity index (χ4n) is 5.77. The third-order valence-corrected chi connectivity index (χ3v) is 7.80. The van der Waals surface area contributed by atoms with Crippen molar-refractivity contribution in [1.82, 2.24) is 19.3 Å². The molecule has 1 fully saturated rings. The minimum absolute atomic E-state index is 0.0232. The number of nitrogens with zero attached hydrogens (tertiary/aromatic N) is 4. The van der Waals surface area contributed by atoms with Gasteiger partial charge in [-0.25, -0.2) is 23.6 Å². The van der Waals surface area contributed by atoms with Crippen LogP contribution in [0.5, 0.6) is 0 Å². The number of aromatic nitrogens is 4. The van der Waals surface area contributed by atoms with Crippen LogP contribution in [-0.2, 0) is 25.4 Å². The van der Waals surface area contributed by atoms with Crippen molar-refractivity contribution in [3.05, 3.63) is 46.5 Å². The highest BCUT2D eigenvalue weighted by Crippen LogP contribution is 2.39. The molecule has 4 heterocycles. The lowest BCUT2D eigenvalue weighted by Gasteiger charge is -2.24. The van der Waals surface area contributed by atoms with Gasteiger partial charge in [-0.05, 0) is 86.3 Å². The number of hydrogen-bond acceptors (Lipinski definition) is 9. The quantitative estimate of drug-likeness (QED) is 0.203. The van der Waals surface area contributed by atoms with Gasteiger partial charge in [0.15, 0.2) is 6.23 Å². The van der Waals surface area contributed by atoms with E-state index in [4.69, 9.17) is 29.7 Å². The van der Waals surface area contributed by atoms with Crippen molar-refractivity contribution in [1.29, 1.82) is 0 Å². The van der Waals surface area contributed by atoms with Crippen LogP contribution in [-0.4, -0.2) is 61.9 Å². The van der Waals surface area contributed by atoms with Crippen LogP contribution < -0.4 is 11.1 Å².